The van der Waals surface area contributed by atoms with Gasteiger partial charge in [0.2, 0.25) is 5.91 Å². The second kappa shape index (κ2) is 11.2. The van der Waals surface area contributed by atoms with Crippen molar-refractivity contribution in [3.63, 3.8) is 0 Å². The molecule has 7 nitrogen and oxygen atoms in total. The molecule has 3 aromatic carbocycles. The van der Waals surface area contributed by atoms with Crippen molar-refractivity contribution < 1.29 is 9.72 Å². The third-order valence-corrected chi connectivity index (χ3v) is 6.86. The number of hydrogen-bond acceptors (Lipinski definition) is 6. The second-order valence-electron chi connectivity index (χ2n) is 7.82. The van der Waals surface area contributed by atoms with Crippen LogP contribution in [0.25, 0.3) is 22.4 Å². The van der Waals surface area contributed by atoms with Crippen molar-refractivity contribution in [1.82, 2.24) is 4.98 Å². The minimum absolute atomic E-state index is 0.0264. The molecule has 1 N–H and O–H groups in total. The summed E-state index contributed by atoms with van der Waals surface area (Å²) >= 11 is 4.59. The minimum atomic E-state index is -0.485. The molecule has 0 radical (unpaired) electrons. The summed E-state index contributed by atoms with van der Waals surface area (Å²) in [7, 11) is 0. The van der Waals surface area contributed by atoms with E-state index in [9.17, 15) is 20.2 Å². The zero-order chi connectivity index (χ0) is 25.7. The quantitative estimate of drug-likeness (QED) is 0.148. The highest BCUT2D eigenvalue weighted by atomic mass is 79.9. The van der Waals surface area contributed by atoms with Crippen molar-refractivity contribution in [2.45, 2.75) is 11.9 Å². The topological polar surface area (TPSA) is 109 Å². The lowest BCUT2D eigenvalue weighted by atomic mass is 9.99. The number of pyridine rings is 1. The first-order valence-electron chi connectivity index (χ1n) is 10.8. The molecular weight excluding hydrogens is 540 g/mol. The third-order valence-electron chi connectivity index (χ3n) is 5.35. The van der Waals surface area contributed by atoms with Crippen molar-refractivity contribution in [2.24, 2.45) is 0 Å². The Labute approximate surface area is 220 Å². The Balaban J connectivity index is 1.65. The lowest BCUT2D eigenvalue weighted by Gasteiger charge is -2.13. The molecule has 1 amide bonds. The Morgan fingerprint density at radius 2 is 1.81 bits per heavy atom. The van der Waals surface area contributed by atoms with Gasteiger partial charge in [-0.1, -0.05) is 76.2 Å². The summed E-state index contributed by atoms with van der Waals surface area (Å²) in [5.41, 5.74) is 4.30. The van der Waals surface area contributed by atoms with Crippen molar-refractivity contribution >= 4 is 45.0 Å². The van der Waals surface area contributed by atoms with Crippen LogP contribution in [0, 0.1) is 28.4 Å². The van der Waals surface area contributed by atoms with Gasteiger partial charge in [0, 0.05) is 32.9 Å². The zero-order valence-corrected chi connectivity index (χ0v) is 21.5. The van der Waals surface area contributed by atoms with Crippen LogP contribution in [0.15, 0.2) is 88.4 Å². The fraction of sp³-hybridized carbons (Fsp3) is 0.0741. The van der Waals surface area contributed by atoms with E-state index >= 15 is 0 Å². The van der Waals surface area contributed by atoms with Crippen LogP contribution < -0.4 is 5.32 Å². The van der Waals surface area contributed by atoms with Crippen LogP contribution in [0.1, 0.15) is 11.1 Å². The van der Waals surface area contributed by atoms with Crippen LogP contribution in [-0.4, -0.2) is 21.6 Å². The number of aryl methyl sites for hydroxylation is 1. The standard InChI is InChI=1S/C27H19BrN4O3S/c1-17-7-12-21(13-25(17)32(34)35)30-26(33)16-36-27-23(15-29)22(18-5-3-2-4-6-18)14-24(31-27)19-8-10-20(28)11-9-19/h2-14H,16H2,1H3,(H,30,33). The molecule has 1 aromatic heterocycles. The van der Waals surface area contributed by atoms with Crippen LogP contribution in [0.3, 0.4) is 0 Å². The maximum absolute atomic E-state index is 12.7. The van der Waals surface area contributed by atoms with E-state index in [1.54, 1.807) is 19.1 Å². The normalized spacial score (nSPS) is 10.5. The maximum Gasteiger partial charge on any atom is 0.274 e. The van der Waals surface area contributed by atoms with Crippen LogP contribution in [0.2, 0.25) is 0 Å². The number of carbonyl (C=O) groups excluding carboxylic acids is 1. The first kappa shape index (κ1) is 25.1. The Kier molecular flexibility index (Phi) is 7.78. The second-order valence-corrected chi connectivity index (χ2v) is 9.69. The number of halogens is 1. The van der Waals surface area contributed by atoms with E-state index in [4.69, 9.17) is 4.98 Å². The molecule has 0 saturated carbocycles. The van der Waals surface area contributed by atoms with Crippen LogP contribution >= 0.6 is 27.7 Å². The number of nitrogens with one attached hydrogen (secondary N) is 1. The summed E-state index contributed by atoms with van der Waals surface area (Å²) in [6.45, 7) is 1.64. The molecule has 0 fully saturated rings. The predicted octanol–water partition coefficient (Wildman–Crippen LogP) is 7.00. The minimum Gasteiger partial charge on any atom is -0.325 e. The predicted molar refractivity (Wildman–Crippen MR) is 145 cm³/mol. The molecule has 36 heavy (non-hydrogen) atoms. The Hall–Kier alpha value is -4.00. The van der Waals surface area contributed by atoms with E-state index in [0.29, 0.717) is 27.5 Å². The third kappa shape index (κ3) is 5.79. The van der Waals surface area contributed by atoms with Gasteiger partial charge in [-0.2, -0.15) is 5.26 Å². The highest BCUT2D eigenvalue weighted by Gasteiger charge is 2.18. The van der Waals surface area contributed by atoms with Gasteiger partial charge in [0.15, 0.2) is 0 Å². The molecule has 4 aromatic rings. The van der Waals surface area contributed by atoms with Crippen LogP contribution in [-0.2, 0) is 4.79 Å². The molecule has 0 aliphatic rings. The Morgan fingerprint density at radius 3 is 2.47 bits per heavy atom. The molecule has 0 saturated heterocycles. The average molecular weight is 559 g/mol. The first-order valence-corrected chi connectivity index (χ1v) is 12.6. The zero-order valence-electron chi connectivity index (χ0n) is 19.1. The van der Waals surface area contributed by atoms with Crippen LogP contribution in [0.4, 0.5) is 11.4 Å². The molecule has 0 unspecified atom stereocenters. The lowest BCUT2D eigenvalue weighted by Crippen LogP contribution is -2.14. The van der Waals surface area contributed by atoms with E-state index in [-0.39, 0.29) is 17.3 Å². The number of rotatable bonds is 7. The number of thioether (sulfide) groups is 1. The number of nitriles is 1. The number of benzene rings is 3. The van der Waals surface area contributed by atoms with E-state index in [1.165, 1.54) is 6.07 Å². The Bertz CT molecular complexity index is 1490. The van der Waals surface area contributed by atoms with Gasteiger partial charge in [-0.15, -0.1) is 0 Å². The van der Waals surface area contributed by atoms with Gasteiger partial charge in [-0.3, -0.25) is 14.9 Å². The summed E-state index contributed by atoms with van der Waals surface area (Å²) in [5.74, 6) is -0.388. The van der Waals surface area contributed by atoms with Crippen LogP contribution in [0.5, 0.6) is 0 Å². The van der Waals surface area contributed by atoms with Crippen molar-refractivity contribution in [1.29, 1.82) is 5.26 Å². The maximum atomic E-state index is 12.7. The summed E-state index contributed by atoms with van der Waals surface area (Å²) in [6, 6.07) is 25.9. The summed E-state index contributed by atoms with van der Waals surface area (Å²) in [4.78, 5) is 28.1. The molecular formula is C27H19BrN4O3S. The first-order chi connectivity index (χ1) is 17.4. The summed E-state index contributed by atoms with van der Waals surface area (Å²) < 4.78 is 0.936. The van der Waals surface area contributed by atoms with Gasteiger partial charge < -0.3 is 5.32 Å². The molecule has 178 valence electrons. The van der Waals surface area contributed by atoms with Crippen molar-refractivity contribution in [2.75, 3.05) is 11.1 Å². The van der Waals surface area contributed by atoms with Gasteiger partial charge in [0.1, 0.15) is 11.1 Å². The molecule has 0 atom stereocenters. The monoisotopic (exact) mass is 558 g/mol. The molecule has 9 heteroatoms. The van der Waals surface area contributed by atoms with Crippen molar-refractivity contribution in [3.05, 3.63) is 105 Å². The molecule has 4 rings (SSSR count). The molecule has 0 aliphatic carbocycles. The molecule has 0 spiro atoms. The number of amides is 1. The summed E-state index contributed by atoms with van der Waals surface area (Å²) in [5, 5.41) is 24.3. The van der Waals surface area contributed by atoms with Gasteiger partial charge in [-0.05, 0) is 36.8 Å². The van der Waals surface area contributed by atoms with Gasteiger partial charge in [0.25, 0.3) is 5.69 Å². The number of nitro benzene ring substituents is 1. The summed E-state index contributed by atoms with van der Waals surface area (Å²) in [6.07, 6.45) is 0. The van der Waals surface area contributed by atoms with E-state index in [1.807, 2.05) is 60.7 Å². The Morgan fingerprint density at radius 1 is 1.08 bits per heavy atom. The fourth-order valence-corrected chi connectivity index (χ4v) is 4.63. The van der Waals surface area contributed by atoms with Gasteiger partial charge in [-0.25, -0.2) is 4.98 Å². The number of hydrogen-bond donors (Lipinski definition) is 1. The number of nitro groups is 1. The number of aromatic nitrogens is 1. The number of nitrogens with zero attached hydrogens (tertiary/aromatic N) is 3. The fourth-order valence-electron chi connectivity index (χ4n) is 3.56. The van der Waals surface area contributed by atoms with E-state index in [0.717, 1.165) is 32.9 Å². The number of anilines is 1. The molecule has 1 heterocycles. The molecule has 0 bridgehead atoms. The van der Waals surface area contributed by atoms with E-state index < -0.39 is 4.92 Å². The lowest BCUT2D eigenvalue weighted by molar-refractivity contribution is -0.385. The van der Waals surface area contributed by atoms with E-state index in [2.05, 4.69) is 27.3 Å². The van der Waals surface area contributed by atoms with Crippen molar-refractivity contribution in [3.8, 4) is 28.5 Å². The molecule has 0 aliphatic heterocycles. The smallest absolute Gasteiger partial charge is 0.274 e. The SMILES string of the molecule is Cc1ccc(NC(=O)CSc2nc(-c3ccc(Br)cc3)cc(-c3ccccc3)c2C#N)cc1[N+](=O)[O-]. The average Bonchev–Trinajstić information content (AvgIpc) is 2.88. The van der Waals surface area contributed by atoms with Gasteiger partial charge in [0.05, 0.1) is 21.9 Å². The van der Waals surface area contributed by atoms with Gasteiger partial charge >= 0.3 is 0 Å². The highest BCUT2D eigenvalue weighted by molar-refractivity contribution is 9.10. The number of carbonyl (C=O) groups is 1. The highest BCUT2D eigenvalue weighted by Crippen LogP contribution is 2.34. The largest absolute Gasteiger partial charge is 0.325 e.